The van der Waals surface area contributed by atoms with Gasteiger partial charge in [0.25, 0.3) is 0 Å². The molecule has 3 heteroatoms. The Kier molecular flexibility index (Phi) is 4.81. The fraction of sp³-hybridized carbons (Fsp3) is 0.900. The third kappa shape index (κ3) is 3.33. The van der Waals surface area contributed by atoms with Crippen LogP contribution in [-0.4, -0.2) is 37.7 Å². The highest BCUT2D eigenvalue weighted by molar-refractivity contribution is 4.95. The number of methoxy groups -OCH3 is 1. The van der Waals surface area contributed by atoms with E-state index in [0.29, 0.717) is 0 Å². The Balaban J connectivity index is 2.10. The Morgan fingerprint density at radius 2 is 2.38 bits per heavy atom. The molecule has 0 aromatic heterocycles. The first-order valence-electron chi connectivity index (χ1n) is 5.01. The van der Waals surface area contributed by atoms with Gasteiger partial charge in [0.15, 0.2) is 0 Å². The predicted octanol–water partition coefficient (Wildman–Crippen LogP) is 1.40. The second-order valence-corrected chi connectivity index (χ2v) is 3.52. The van der Waals surface area contributed by atoms with Crippen LogP contribution in [0, 0.1) is 11.3 Å². The zero-order valence-corrected chi connectivity index (χ0v) is 8.33. The van der Waals surface area contributed by atoms with Crippen molar-refractivity contribution in [3.63, 3.8) is 0 Å². The Hall–Kier alpha value is -0.590. The molecule has 0 bridgehead atoms. The molecule has 0 amide bonds. The maximum Gasteiger partial charge on any atom is 0.0978 e. The molecular formula is C10H18N2O. The van der Waals surface area contributed by atoms with Gasteiger partial charge in [0, 0.05) is 13.7 Å². The fourth-order valence-corrected chi connectivity index (χ4v) is 1.80. The molecule has 1 atom stereocenters. The van der Waals surface area contributed by atoms with Crippen LogP contribution in [0.2, 0.25) is 0 Å². The normalized spacial score (nSPS) is 23.2. The molecule has 0 aromatic carbocycles. The lowest BCUT2D eigenvalue weighted by Gasteiger charge is -2.18. The largest absolute Gasteiger partial charge is 0.385 e. The highest BCUT2D eigenvalue weighted by Gasteiger charge is 2.22. The van der Waals surface area contributed by atoms with Crippen LogP contribution in [-0.2, 0) is 4.74 Å². The van der Waals surface area contributed by atoms with Crippen LogP contribution in [0.1, 0.15) is 25.7 Å². The molecule has 13 heavy (non-hydrogen) atoms. The highest BCUT2D eigenvalue weighted by atomic mass is 16.5. The molecule has 0 saturated carbocycles. The second kappa shape index (κ2) is 5.95. The second-order valence-electron chi connectivity index (χ2n) is 3.52. The van der Waals surface area contributed by atoms with E-state index in [1.165, 1.54) is 6.42 Å². The summed E-state index contributed by atoms with van der Waals surface area (Å²) in [6.45, 7) is 3.00. The summed E-state index contributed by atoms with van der Waals surface area (Å²) in [4.78, 5) is 2.29. The number of ether oxygens (including phenoxy) is 1. The van der Waals surface area contributed by atoms with Crippen molar-refractivity contribution in [2.75, 3.05) is 26.8 Å². The lowest BCUT2D eigenvalue weighted by molar-refractivity contribution is 0.185. The van der Waals surface area contributed by atoms with E-state index < -0.39 is 0 Å². The highest BCUT2D eigenvalue weighted by Crippen LogP contribution is 2.16. The topological polar surface area (TPSA) is 36.3 Å². The van der Waals surface area contributed by atoms with Crippen molar-refractivity contribution in [2.24, 2.45) is 0 Å². The minimum Gasteiger partial charge on any atom is -0.385 e. The number of hydrogen-bond acceptors (Lipinski definition) is 3. The molecule has 1 aliphatic heterocycles. The summed E-state index contributed by atoms with van der Waals surface area (Å²) in [6.07, 6.45) is 4.49. The summed E-state index contributed by atoms with van der Waals surface area (Å²) in [7, 11) is 1.73. The standard InChI is InChI=1S/C10H18N2O/c1-13-8-3-2-6-12-7-4-5-10(12)9-11/h10H,2-8H2,1H3. The van der Waals surface area contributed by atoms with Gasteiger partial charge >= 0.3 is 0 Å². The molecule has 0 radical (unpaired) electrons. The third-order valence-corrected chi connectivity index (χ3v) is 2.56. The maximum atomic E-state index is 8.82. The molecule has 1 heterocycles. The van der Waals surface area contributed by atoms with Crippen LogP contribution in [0.4, 0.5) is 0 Å². The van der Waals surface area contributed by atoms with Crippen LogP contribution in [0.15, 0.2) is 0 Å². The van der Waals surface area contributed by atoms with Crippen molar-refractivity contribution in [3.05, 3.63) is 0 Å². The Bertz CT molecular complexity index is 176. The molecule has 0 aromatic rings. The Labute approximate surface area is 80.3 Å². The third-order valence-electron chi connectivity index (χ3n) is 2.56. The van der Waals surface area contributed by atoms with Gasteiger partial charge in [0.1, 0.15) is 0 Å². The summed E-state index contributed by atoms with van der Waals surface area (Å²) < 4.78 is 4.98. The van der Waals surface area contributed by atoms with Crippen molar-refractivity contribution in [2.45, 2.75) is 31.7 Å². The fourth-order valence-electron chi connectivity index (χ4n) is 1.80. The van der Waals surface area contributed by atoms with E-state index in [1.807, 2.05) is 0 Å². The van der Waals surface area contributed by atoms with Crippen LogP contribution in [0.3, 0.4) is 0 Å². The molecule has 74 valence electrons. The van der Waals surface area contributed by atoms with E-state index in [-0.39, 0.29) is 6.04 Å². The van der Waals surface area contributed by atoms with Crippen LogP contribution in [0.25, 0.3) is 0 Å². The lowest BCUT2D eigenvalue weighted by atomic mass is 10.2. The Morgan fingerprint density at radius 3 is 3.08 bits per heavy atom. The van der Waals surface area contributed by atoms with Gasteiger partial charge < -0.3 is 4.74 Å². The first kappa shape index (κ1) is 10.5. The maximum absolute atomic E-state index is 8.82. The zero-order chi connectivity index (χ0) is 9.52. The minimum absolute atomic E-state index is 0.183. The van der Waals surface area contributed by atoms with Crippen molar-refractivity contribution in [1.82, 2.24) is 4.90 Å². The van der Waals surface area contributed by atoms with Gasteiger partial charge in [-0.3, -0.25) is 4.90 Å². The molecule has 0 spiro atoms. The number of nitriles is 1. The van der Waals surface area contributed by atoms with Gasteiger partial charge in [-0.15, -0.1) is 0 Å². The Morgan fingerprint density at radius 1 is 1.54 bits per heavy atom. The van der Waals surface area contributed by atoms with Gasteiger partial charge in [-0.05, 0) is 38.8 Å². The summed E-state index contributed by atoms with van der Waals surface area (Å²) in [5.41, 5.74) is 0. The molecule has 1 saturated heterocycles. The number of unbranched alkanes of at least 4 members (excludes halogenated alkanes) is 1. The van der Waals surface area contributed by atoms with Crippen molar-refractivity contribution in [1.29, 1.82) is 5.26 Å². The van der Waals surface area contributed by atoms with Crippen molar-refractivity contribution in [3.8, 4) is 6.07 Å². The van der Waals surface area contributed by atoms with Crippen molar-refractivity contribution >= 4 is 0 Å². The van der Waals surface area contributed by atoms with Gasteiger partial charge in [0.05, 0.1) is 12.1 Å². The minimum atomic E-state index is 0.183. The van der Waals surface area contributed by atoms with Crippen LogP contribution < -0.4 is 0 Å². The van der Waals surface area contributed by atoms with E-state index in [0.717, 1.165) is 39.0 Å². The molecule has 0 N–H and O–H groups in total. The number of rotatable bonds is 5. The zero-order valence-electron chi connectivity index (χ0n) is 8.33. The van der Waals surface area contributed by atoms with Crippen LogP contribution >= 0.6 is 0 Å². The van der Waals surface area contributed by atoms with Gasteiger partial charge in [-0.2, -0.15) is 5.26 Å². The summed E-state index contributed by atoms with van der Waals surface area (Å²) in [5, 5.41) is 8.82. The number of hydrogen-bond donors (Lipinski definition) is 0. The average molecular weight is 182 g/mol. The molecule has 1 aliphatic rings. The molecule has 1 rings (SSSR count). The average Bonchev–Trinajstić information content (AvgIpc) is 2.60. The molecule has 1 fully saturated rings. The lowest BCUT2D eigenvalue weighted by Crippen LogP contribution is -2.29. The summed E-state index contributed by atoms with van der Waals surface area (Å²) in [5.74, 6) is 0. The van der Waals surface area contributed by atoms with Crippen molar-refractivity contribution < 1.29 is 4.74 Å². The molecule has 1 unspecified atom stereocenters. The first-order valence-corrected chi connectivity index (χ1v) is 5.01. The molecule has 0 aliphatic carbocycles. The first-order chi connectivity index (χ1) is 6.38. The SMILES string of the molecule is COCCCCN1CCCC1C#N. The smallest absolute Gasteiger partial charge is 0.0978 e. The summed E-state index contributed by atoms with van der Waals surface area (Å²) >= 11 is 0. The van der Waals surface area contributed by atoms with E-state index in [9.17, 15) is 0 Å². The van der Waals surface area contributed by atoms with Gasteiger partial charge in [-0.1, -0.05) is 0 Å². The predicted molar refractivity (Wildman–Crippen MR) is 51.3 cm³/mol. The monoisotopic (exact) mass is 182 g/mol. The summed E-state index contributed by atoms with van der Waals surface area (Å²) in [6, 6.07) is 2.53. The van der Waals surface area contributed by atoms with Gasteiger partial charge in [0.2, 0.25) is 0 Å². The quantitative estimate of drug-likeness (QED) is 0.603. The van der Waals surface area contributed by atoms with E-state index in [2.05, 4.69) is 11.0 Å². The molecular weight excluding hydrogens is 164 g/mol. The van der Waals surface area contributed by atoms with E-state index >= 15 is 0 Å². The molecule has 3 nitrogen and oxygen atoms in total. The van der Waals surface area contributed by atoms with E-state index in [1.54, 1.807) is 7.11 Å². The van der Waals surface area contributed by atoms with Gasteiger partial charge in [-0.25, -0.2) is 0 Å². The number of nitrogens with zero attached hydrogens (tertiary/aromatic N) is 2. The van der Waals surface area contributed by atoms with E-state index in [4.69, 9.17) is 10.00 Å². The number of likely N-dealkylation sites (tertiary alicyclic amines) is 1. The van der Waals surface area contributed by atoms with Crippen LogP contribution in [0.5, 0.6) is 0 Å².